The van der Waals surface area contributed by atoms with E-state index < -0.39 is 30.0 Å². The Bertz CT molecular complexity index is 1270. The summed E-state index contributed by atoms with van der Waals surface area (Å²) >= 11 is 6.07. The highest BCUT2D eigenvalue weighted by Crippen LogP contribution is 2.31. The molecule has 0 aliphatic carbocycles. The molecule has 0 bridgehead atoms. The van der Waals surface area contributed by atoms with Crippen LogP contribution < -0.4 is 10.1 Å². The largest absolute Gasteiger partial charge is 0.480 e. The Morgan fingerprint density at radius 1 is 1.18 bits per heavy atom. The van der Waals surface area contributed by atoms with Crippen molar-refractivity contribution in [3.05, 3.63) is 70.6 Å². The number of amides is 1. The quantitative estimate of drug-likeness (QED) is 0.284. The molecule has 39 heavy (non-hydrogen) atoms. The van der Waals surface area contributed by atoms with Gasteiger partial charge in [0.1, 0.15) is 17.3 Å². The fourth-order valence-electron chi connectivity index (χ4n) is 4.02. The first-order valence-corrected chi connectivity index (χ1v) is 13.0. The first-order chi connectivity index (χ1) is 18.2. The van der Waals surface area contributed by atoms with Gasteiger partial charge in [-0.3, -0.25) is 4.79 Å². The van der Waals surface area contributed by atoms with Crippen LogP contribution in [0.3, 0.4) is 0 Å². The lowest BCUT2D eigenvalue weighted by Crippen LogP contribution is -2.37. The van der Waals surface area contributed by atoms with Crippen LogP contribution in [0.15, 0.2) is 48.7 Å². The summed E-state index contributed by atoms with van der Waals surface area (Å²) in [6.45, 7) is 6.08. The Kier molecular flexibility index (Phi) is 9.69. The van der Waals surface area contributed by atoms with E-state index in [1.807, 2.05) is 37.4 Å². The summed E-state index contributed by atoms with van der Waals surface area (Å²) in [5.74, 6) is 0.108. The van der Waals surface area contributed by atoms with E-state index in [-0.39, 0.29) is 22.9 Å². The van der Waals surface area contributed by atoms with Crippen molar-refractivity contribution in [3.63, 3.8) is 0 Å². The molecule has 0 saturated carbocycles. The third-order valence-corrected chi connectivity index (χ3v) is 6.48. The second-order valence-electron chi connectivity index (χ2n) is 9.79. The molecule has 3 aromatic rings. The van der Waals surface area contributed by atoms with E-state index in [9.17, 15) is 28.2 Å². The summed E-state index contributed by atoms with van der Waals surface area (Å²) in [5.41, 5.74) is 1.59. The van der Waals surface area contributed by atoms with E-state index in [1.54, 1.807) is 18.4 Å². The number of aliphatic hydroxyl groups excluding tert-OH is 1. The fraction of sp³-hybridized carbons (Fsp3) is 0.429. The Morgan fingerprint density at radius 3 is 2.36 bits per heavy atom. The molecule has 0 radical (unpaired) electrons. The Labute approximate surface area is 230 Å². The second kappa shape index (κ2) is 12.4. The molecule has 1 amide bonds. The second-order valence-corrected chi connectivity index (χ2v) is 10.2. The molecule has 1 heterocycles. The van der Waals surface area contributed by atoms with Crippen LogP contribution in [-0.4, -0.2) is 50.6 Å². The standard InChI is InChI=1S/C28H33ClF3N3O4/c1-5-25-34-23(16-35(25)27(3,4)38)19-8-6-18(7-9-19)14-21(12-13-36)33-26(37)20-10-11-24(22(29)15-20)39-17(2)28(30,31)32/h6-11,15-17,21,36,38H,5,12-14H2,1-4H3,(H,33,37)/t17-,21+/m0/s1. The van der Waals surface area contributed by atoms with Gasteiger partial charge in [0.2, 0.25) is 0 Å². The van der Waals surface area contributed by atoms with Crippen molar-refractivity contribution in [2.75, 3.05) is 6.61 Å². The third kappa shape index (κ3) is 7.97. The van der Waals surface area contributed by atoms with Gasteiger partial charge in [0.05, 0.1) is 10.7 Å². The molecular weight excluding hydrogens is 535 g/mol. The number of aromatic nitrogens is 2. The van der Waals surface area contributed by atoms with Gasteiger partial charge in [0, 0.05) is 36.4 Å². The van der Waals surface area contributed by atoms with Gasteiger partial charge in [0.15, 0.2) is 6.10 Å². The van der Waals surface area contributed by atoms with Gasteiger partial charge >= 0.3 is 6.18 Å². The number of nitrogens with one attached hydrogen (secondary N) is 1. The molecular formula is C28H33ClF3N3O4. The minimum atomic E-state index is -4.55. The SMILES string of the molecule is CCc1nc(-c2ccc(C[C@@H](CCO)NC(=O)c3ccc(O[C@@H](C)C(F)(F)F)c(Cl)c3)cc2)cn1C(C)(C)O. The number of nitrogens with zero attached hydrogens (tertiary/aromatic N) is 2. The minimum absolute atomic E-state index is 0.119. The maximum absolute atomic E-state index is 12.8. The summed E-state index contributed by atoms with van der Waals surface area (Å²) in [5, 5.41) is 22.7. The Hall–Kier alpha value is -3.08. The molecule has 0 spiro atoms. The maximum atomic E-state index is 12.8. The fourth-order valence-corrected chi connectivity index (χ4v) is 4.25. The zero-order valence-corrected chi connectivity index (χ0v) is 23.0. The first kappa shape index (κ1) is 30.5. The number of alkyl halides is 3. The molecule has 212 valence electrons. The van der Waals surface area contributed by atoms with Crippen LogP contribution in [0, 0.1) is 0 Å². The van der Waals surface area contributed by atoms with E-state index >= 15 is 0 Å². The number of carbonyl (C=O) groups excluding carboxylic acids is 1. The van der Waals surface area contributed by atoms with Crippen molar-refractivity contribution >= 4 is 17.5 Å². The maximum Gasteiger partial charge on any atom is 0.425 e. The summed E-state index contributed by atoms with van der Waals surface area (Å²) in [6, 6.07) is 11.0. The molecule has 7 nitrogen and oxygen atoms in total. The van der Waals surface area contributed by atoms with Crippen LogP contribution in [0.2, 0.25) is 5.02 Å². The summed E-state index contributed by atoms with van der Waals surface area (Å²) in [7, 11) is 0. The lowest BCUT2D eigenvalue weighted by atomic mass is 10.0. The number of benzene rings is 2. The van der Waals surface area contributed by atoms with Crippen molar-refractivity contribution in [2.24, 2.45) is 0 Å². The third-order valence-electron chi connectivity index (χ3n) is 6.19. The van der Waals surface area contributed by atoms with E-state index in [1.165, 1.54) is 18.2 Å². The normalized spacial score (nSPS) is 13.7. The summed E-state index contributed by atoms with van der Waals surface area (Å²) < 4.78 is 45.0. The molecule has 0 saturated heterocycles. The number of imidazole rings is 1. The van der Waals surface area contributed by atoms with E-state index in [4.69, 9.17) is 16.3 Å². The van der Waals surface area contributed by atoms with Crippen molar-refractivity contribution < 1.29 is 32.9 Å². The minimum Gasteiger partial charge on any atom is -0.480 e. The zero-order chi connectivity index (χ0) is 29.0. The van der Waals surface area contributed by atoms with Crippen LogP contribution in [0.1, 0.15) is 55.9 Å². The van der Waals surface area contributed by atoms with Gasteiger partial charge in [-0.15, -0.1) is 0 Å². The number of hydrogen-bond donors (Lipinski definition) is 3. The number of halogens is 4. The zero-order valence-electron chi connectivity index (χ0n) is 22.2. The highest BCUT2D eigenvalue weighted by molar-refractivity contribution is 6.32. The van der Waals surface area contributed by atoms with Crippen LogP contribution in [0.5, 0.6) is 5.75 Å². The lowest BCUT2D eigenvalue weighted by Gasteiger charge is -2.21. The average molecular weight is 568 g/mol. The predicted molar refractivity (Wildman–Crippen MR) is 143 cm³/mol. The summed E-state index contributed by atoms with van der Waals surface area (Å²) in [4.78, 5) is 17.5. The van der Waals surface area contributed by atoms with Crippen LogP contribution in [-0.2, 0) is 18.6 Å². The molecule has 0 fully saturated rings. The molecule has 2 atom stereocenters. The van der Waals surface area contributed by atoms with Gasteiger partial charge < -0.3 is 24.8 Å². The number of rotatable bonds is 11. The van der Waals surface area contributed by atoms with E-state index in [0.29, 0.717) is 19.3 Å². The molecule has 1 aromatic heterocycles. The van der Waals surface area contributed by atoms with Crippen molar-refractivity contribution in [1.82, 2.24) is 14.9 Å². The van der Waals surface area contributed by atoms with Gasteiger partial charge in [-0.2, -0.15) is 13.2 Å². The molecule has 3 rings (SSSR count). The summed E-state index contributed by atoms with van der Waals surface area (Å²) in [6.07, 6.45) is -3.40. The van der Waals surface area contributed by atoms with Gasteiger partial charge in [-0.25, -0.2) is 4.98 Å². The molecule has 11 heteroatoms. The van der Waals surface area contributed by atoms with E-state index in [0.717, 1.165) is 29.6 Å². The topological polar surface area (TPSA) is 96.6 Å². The van der Waals surface area contributed by atoms with Crippen LogP contribution >= 0.6 is 11.6 Å². The molecule has 0 unspecified atom stereocenters. The number of aliphatic hydroxyl groups is 2. The van der Waals surface area contributed by atoms with Crippen molar-refractivity contribution in [2.45, 2.75) is 71.0 Å². The Morgan fingerprint density at radius 2 is 1.85 bits per heavy atom. The Balaban J connectivity index is 1.69. The molecule has 3 N–H and O–H groups in total. The number of aryl methyl sites for hydroxylation is 1. The lowest BCUT2D eigenvalue weighted by molar-refractivity contribution is -0.189. The number of ether oxygens (including phenoxy) is 1. The number of carbonyl (C=O) groups is 1. The van der Waals surface area contributed by atoms with Gasteiger partial charge in [0.25, 0.3) is 5.91 Å². The first-order valence-electron chi connectivity index (χ1n) is 12.6. The molecule has 0 aliphatic heterocycles. The highest BCUT2D eigenvalue weighted by Gasteiger charge is 2.38. The van der Waals surface area contributed by atoms with Gasteiger partial charge in [-0.1, -0.05) is 42.8 Å². The molecule has 0 aliphatic rings. The van der Waals surface area contributed by atoms with Crippen molar-refractivity contribution in [1.29, 1.82) is 0 Å². The van der Waals surface area contributed by atoms with E-state index in [2.05, 4.69) is 10.3 Å². The van der Waals surface area contributed by atoms with Gasteiger partial charge in [-0.05, 0) is 57.4 Å². The number of hydrogen-bond acceptors (Lipinski definition) is 5. The van der Waals surface area contributed by atoms with Crippen molar-refractivity contribution in [3.8, 4) is 17.0 Å². The smallest absolute Gasteiger partial charge is 0.425 e. The average Bonchev–Trinajstić information content (AvgIpc) is 3.30. The van der Waals surface area contributed by atoms with Crippen LogP contribution in [0.25, 0.3) is 11.3 Å². The molecule has 2 aromatic carbocycles. The van der Waals surface area contributed by atoms with Crippen LogP contribution in [0.4, 0.5) is 13.2 Å². The predicted octanol–water partition coefficient (Wildman–Crippen LogP) is 5.50. The highest BCUT2D eigenvalue weighted by atomic mass is 35.5. The monoisotopic (exact) mass is 567 g/mol.